The highest BCUT2D eigenvalue weighted by molar-refractivity contribution is 6.01. The van der Waals surface area contributed by atoms with Crippen molar-refractivity contribution in [3.63, 3.8) is 0 Å². The molecule has 0 aliphatic carbocycles. The number of nitrogens with two attached hydrogens (primary N) is 1. The van der Waals surface area contributed by atoms with Gasteiger partial charge in [-0.1, -0.05) is 19.1 Å². The van der Waals surface area contributed by atoms with Crippen LogP contribution in [0.2, 0.25) is 0 Å². The number of aromatic nitrogens is 1. The minimum Gasteiger partial charge on any atom is -0.366 e. The summed E-state index contributed by atoms with van der Waals surface area (Å²) in [6, 6.07) is 5.41. The van der Waals surface area contributed by atoms with Crippen molar-refractivity contribution < 1.29 is 9.18 Å². The third-order valence-electron chi connectivity index (χ3n) is 3.32. The summed E-state index contributed by atoms with van der Waals surface area (Å²) < 4.78 is 14.6. The highest BCUT2D eigenvalue weighted by Crippen LogP contribution is 2.33. The average molecular weight is 271 g/mol. The number of benzene rings is 1. The molecule has 0 fully saturated rings. The Morgan fingerprint density at radius 3 is 2.70 bits per heavy atom. The van der Waals surface area contributed by atoms with E-state index in [0.717, 1.165) is 0 Å². The number of nitriles is 1. The lowest BCUT2D eigenvalue weighted by Crippen LogP contribution is -2.12. The number of hydrogen-bond acceptors (Lipinski definition) is 2. The zero-order chi connectivity index (χ0) is 14.9. The first-order chi connectivity index (χ1) is 9.51. The van der Waals surface area contributed by atoms with Crippen molar-refractivity contribution in [3.05, 3.63) is 46.5 Å². The first kappa shape index (κ1) is 13.8. The van der Waals surface area contributed by atoms with E-state index in [2.05, 4.69) is 4.98 Å². The van der Waals surface area contributed by atoms with Crippen LogP contribution in [0.25, 0.3) is 11.1 Å². The third kappa shape index (κ3) is 2.05. The Kier molecular flexibility index (Phi) is 3.57. The van der Waals surface area contributed by atoms with Crippen LogP contribution in [0, 0.1) is 24.1 Å². The van der Waals surface area contributed by atoms with Gasteiger partial charge in [-0.3, -0.25) is 4.79 Å². The van der Waals surface area contributed by atoms with Crippen LogP contribution in [-0.4, -0.2) is 10.9 Å². The predicted octanol–water partition coefficient (Wildman–Crippen LogP) is 2.66. The Labute approximate surface area is 116 Å². The Hall–Kier alpha value is -2.61. The minimum absolute atomic E-state index is 0.122. The van der Waals surface area contributed by atoms with E-state index in [9.17, 15) is 9.18 Å². The quantitative estimate of drug-likeness (QED) is 0.899. The van der Waals surface area contributed by atoms with E-state index in [1.807, 2.05) is 13.0 Å². The van der Waals surface area contributed by atoms with Crippen LogP contribution < -0.4 is 5.73 Å². The highest BCUT2D eigenvalue weighted by Gasteiger charge is 2.22. The Morgan fingerprint density at radius 1 is 1.45 bits per heavy atom. The molecule has 2 aromatic rings. The number of rotatable bonds is 3. The number of carbonyl (C=O) groups is 1. The van der Waals surface area contributed by atoms with Gasteiger partial charge in [0.05, 0.1) is 5.56 Å². The summed E-state index contributed by atoms with van der Waals surface area (Å²) in [5.41, 5.74) is 7.24. The number of hydrogen-bond donors (Lipinski definition) is 2. The summed E-state index contributed by atoms with van der Waals surface area (Å²) in [5, 5.41) is 9.13. The topological polar surface area (TPSA) is 82.7 Å². The van der Waals surface area contributed by atoms with Crippen LogP contribution >= 0.6 is 0 Å². The summed E-state index contributed by atoms with van der Waals surface area (Å²) in [4.78, 5) is 14.1. The lowest BCUT2D eigenvalue weighted by molar-refractivity contribution is 0.100. The molecule has 0 aliphatic heterocycles. The van der Waals surface area contributed by atoms with E-state index in [0.29, 0.717) is 17.5 Å². The second-order valence-electron chi connectivity index (χ2n) is 4.51. The number of halogens is 1. The fourth-order valence-corrected chi connectivity index (χ4v) is 2.26. The molecule has 0 aliphatic rings. The van der Waals surface area contributed by atoms with Gasteiger partial charge in [0.2, 0.25) is 0 Å². The Balaban J connectivity index is 2.84. The smallest absolute Gasteiger partial charge is 0.250 e. The van der Waals surface area contributed by atoms with Crippen molar-refractivity contribution in [3.8, 4) is 17.2 Å². The molecule has 2 rings (SSSR count). The molecule has 1 aromatic heterocycles. The van der Waals surface area contributed by atoms with Crippen LogP contribution in [0.15, 0.2) is 18.3 Å². The van der Waals surface area contributed by atoms with Crippen molar-refractivity contribution in [2.75, 3.05) is 0 Å². The molecule has 102 valence electrons. The molecule has 5 heteroatoms. The molecule has 3 N–H and O–H groups in total. The molecule has 0 atom stereocenters. The van der Waals surface area contributed by atoms with Gasteiger partial charge in [-0.05, 0) is 24.5 Å². The molecule has 0 radical (unpaired) electrons. The van der Waals surface area contributed by atoms with Gasteiger partial charge >= 0.3 is 0 Å². The maximum Gasteiger partial charge on any atom is 0.250 e. The van der Waals surface area contributed by atoms with E-state index in [1.165, 1.54) is 6.20 Å². The zero-order valence-electron chi connectivity index (χ0n) is 11.2. The van der Waals surface area contributed by atoms with Gasteiger partial charge in [-0.25, -0.2) is 4.39 Å². The van der Waals surface area contributed by atoms with Crippen LogP contribution in [0.4, 0.5) is 4.39 Å². The predicted molar refractivity (Wildman–Crippen MR) is 73.5 cm³/mol. The van der Waals surface area contributed by atoms with Gasteiger partial charge in [0.25, 0.3) is 5.91 Å². The Morgan fingerprint density at radius 2 is 2.15 bits per heavy atom. The molecule has 20 heavy (non-hydrogen) atoms. The maximum absolute atomic E-state index is 14.6. The minimum atomic E-state index is -0.696. The lowest BCUT2D eigenvalue weighted by atomic mass is 9.93. The molecule has 0 saturated carbocycles. The zero-order valence-corrected chi connectivity index (χ0v) is 11.2. The summed E-state index contributed by atoms with van der Waals surface area (Å²) >= 11 is 0. The van der Waals surface area contributed by atoms with E-state index in [4.69, 9.17) is 11.0 Å². The van der Waals surface area contributed by atoms with Crippen molar-refractivity contribution in [2.45, 2.75) is 20.3 Å². The van der Waals surface area contributed by atoms with E-state index in [-0.39, 0.29) is 22.4 Å². The molecule has 0 bridgehead atoms. The van der Waals surface area contributed by atoms with Gasteiger partial charge in [0, 0.05) is 17.3 Å². The average Bonchev–Trinajstić information content (AvgIpc) is 2.83. The summed E-state index contributed by atoms with van der Waals surface area (Å²) in [6.07, 6.45) is 1.87. The van der Waals surface area contributed by atoms with Gasteiger partial charge in [0.1, 0.15) is 17.6 Å². The fourth-order valence-electron chi connectivity index (χ4n) is 2.26. The van der Waals surface area contributed by atoms with Crippen LogP contribution in [0.3, 0.4) is 0 Å². The second kappa shape index (κ2) is 5.17. The standard InChI is InChI=1S/C15H14FN3O/c1-3-9-5-4-8(2)12(14(9)16)13-10(15(18)20)7-19-11(13)6-17/h4-5,7,19H,3H2,1-2H3,(H2,18,20). The molecular formula is C15H14FN3O. The molecule has 0 unspecified atom stereocenters. The monoisotopic (exact) mass is 271 g/mol. The summed E-state index contributed by atoms with van der Waals surface area (Å²) in [6.45, 7) is 3.58. The van der Waals surface area contributed by atoms with Gasteiger partial charge in [-0.2, -0.15) is 5.26 Å². The maximum atomic E-state index is 14.6. The normalized spacial score (nSPS) is 10.3. The van der Waals surface area contributed by atoms with Crippen molar-refractivity contribution >= 4 is 5.91 Å². The van der Waals surface area contributed by atoms with Gasteiger partial charge < -0.3 is 10.7 Å². The lowest BCUT2D eigenvalue weighted by Gasteiger charge is -2.11. The van der Waals surface area contributed by atoms with Crippen molar-refractivity contribution in [1.82, 2.24) is 4.98 Å². The number of amides is 1. The van der Waals surface area contributed by atoms with Crippen LogP contribution in [-0.2, 0) is 6.42 Å². The van der Waals surface area contributed by atoms with E-state index < -0.39 is 11.7 Å². The van der Waals surface area contributed by atoms with E-state index >= 15 is 0 Å². The number of carbonyl (C=O) groups excluding carboxylic acids is 1. The van der Waals surface area contributed by atoms with Crippen molar-refractivity contribution in [2.24, 2.45) is 5.73 Å². The number of H-pyrrole nitrogens is 1. The van der Waals surface area contributed by atoms with E-state index in [1.54, 1.807) is 19.1 Å². The first-order valence-corrected chi connectivity index (χ1v) is 6.20. The largest absolute Gasteiger partial charge is 0.366 e. The summed E-state index contributed by atoms with van der Waals surface area (Å²) in [7, 11) is 0. The fraction of sp³-hybridized carbons (Fsp3) is 0.200. The Bertz CT molecular complexity index is 725. The molecule has 1 amide bonds. The number of nitrogens with zero attached hydrogens (tertiary/aromatic N) is 1. The van der Waals surface area contributed by atoms with Crippen LogP contribution in [0.1, 0.15) is 34.1 Å². The first-order valence-electron chi connectivity index (χ1n) is 6.20. The number of aryl methyl sites for hydroxylation is 2. The van der Waals surface area contributed by atoms with Crippen LogP contribution in [0.5, 0.6) is 0 Å². The van der Waals surface area contributed by atoms with Gasteiger partial charge in [0.15, 0.2) is 0 Å². The molecule has 0 saturated heterocycles. The molecule has 0 spiro atoms. The molecule has 4 nitrogen and oxygen atoms in total. The second-order valence-corrected chi connectivity index (χ2v) is 4.51. The highest BCUT2D eigenvalue weighted by atomic mass is 19.1. The number of primary amides is 1. The third-order valence-corrected chi connectivity index (χ3v) is 3.32. The summed E-state index contributed by atoms with van der Waals surface area (Å²) in [5.74, 6) is -1.11. The SMILES string of the molecule is CCc1ccc(C)c(-c2c(C(N)=O)c[nH]c2C#N)c1F. The molecule has 1 aromatic carbocycles. The number of nitrogens with one attached hydrogen (secondary N) is 1. The molecular weight excluding hydrogens is 257 g/mol. The molecule has 1 heterocycles. The van der Waals surface area contributed by atoms with Crippen molar-refractivity contribution in [1.29, 1.82) is 5.26 Å². The van der Waals surface area contributed by atoms with Gasteiger partial charge in [-0.15, -0.1) is 0 Å². The number of aromatic amines is 1.